The van der Waals surface area contributed by atoms with Gasteiger partial charge in [-0.1, -0.05) is 62.4 Å². The molecule has 2 atom stereocenters. The third kappa shape index (κ3) is 7.89. The highest BCUT2D eigenvalue weighted by molar-refractivity contribution is 5.85. The third-order valence-corrected chi connectivity index (χ3v) is 4.63. The molecular formula is C22H32ClNO3. The van der Waals surface area contributed by atoms with Crippen LogP contribution in [0.3, 0.4) is 0 Å². The number of hydrogen-bond acceptors (Lipinski definition) is 4. The van der Waals surface area contributed by atoms with Crippen LogP contribution in [0.2, 0.25) is 0 Å². The minimum Gasteiger partial charge on any atom is -0.491 e. The van der Waals surface area contributed by atoms with Gasteiger partial charge in [0.2, 0.25) is 0 Å². The van der Waals surface area contributed by atoms with Crippen LogP contribution >= 0.6 is 12.4 Å². The van der Waals surface area contributed by atoms with Gasteiger partial charge >= 0.3 is 0 Å². The first-order chi connectivity index (χ1) is 12.6. The summed E-state index contributed by atoms with van der Waals surface area (Å²) in [6, 6.07) is 18.1. The van der Waals surface area contributed by atoms with E-state index in [-0.39, 0.29) is 25.6 Å². The van der Waals surface area contributed by atoms with E-state index < -0.39 is 6.10 Å². The fourth-order valence-electron chi connectivity index (χ4n) is 2.99. The highest BCUT2D eigenvalue weighted by Crippen LogP contribution is 2.28. The Kier molecular flexibility index (Phi) is 11.1. The van der Waals surface area contributed by atoms with Crippen molar-refractivity contribution in [3.05, 3.63) is 65.7 Å². The summed E-state index contributed by atoms with van der Waals surface area (Å²) in [5.41, 5.74) is 2.34. The van der Waals surface area contributed by atoms with Crippen molar-refractivity contribution in [2.75, 3.05) is 26.3 Å². The first-order valence-electron chi connectivity index (χ1n) is 9.41. The van der Waals surface area contributed by atoms with Crippen molar-refractivity contribution >= 4 is 12.4 Å². The number of benzene rings is 2. The summed E-state index contributed by atoms with van der Waals surface area (Å²) in [4.78, 5) is 2.05. The standard InChI is InChI=1S/C22H31NO3.ClH/c1-3-18(2)21-11-7-8-12-22(21)26-17-20(25)16-23(13-14-24)15-19-9-5-4-6-10-19;/h4-12,18,20,24-25H,3,13-17H2,1-2H3;1H. The van der Waals surface area contributed by atoms with Crippen molar-refractivity contribution in [2.24, 2.45) is 0 Å². The Morgan fingerprint density at radius 3 is 2.37 bits per heavy atom. The van der Waals surface area contributed by atoms with E-state index in [1.807, 2.05) is 41.3 Å². The predicted octanol–water partition coefficient (Wildman–Crippen LogP) is 3.86. The van der Waals surface area contributed by atoms with Crippen LogP contribution in [0.5, 0.6) is 5.75 Å². The van der Waals surface area contributed by atoms with Crippen LogP contribution in [0.25, 0.3) is 0 Å². The largest absolute Gasteiger partial charge is 0.491 e. The van der Waals surface area contributed by atoms with Crippen molar-refractivity contribution in [3.8, 4) is 5.75 Å². The molecule has 0 radical (unpaired) electrons. The minimum absolute atomic E-state index is 0. The van der Waals surface area contributed by atoms with E-state index in [0.29, 0.717) is 25.6 Å². The summed E-state index contributed by atoms with van der Waals surface area (Å²) in [6.45, 7) is 6.33. The van der Waals surface area contributed by atoms with Crippen LogP contribution in [-0.2, 0) is 6.54 Å². The van der Waals surface area contributed by atoms with Crippen LogP contribution in [0, 0.1) is 0 Å². The Hall–Kier alpha value is -1.59. The molecule has 2 aromatic rings. The van der Waals surface area contributed by atoms with Crippen molar-refractivity contribution < 1.29 is 14.9 Å². The third-order valence-electron chi connectivity index (χ3n) is 4.63. The van der Waals surface area contributed by atoms with Gasteiger partial charge in [-0.25, -0.2) is 0 Å². The summed E-state index contributed by atoms with van der Waals surface area (Å²) in [5.74, 6) is 1.27. The van der Waals surface area contributed by atoms with E-state index in [0.717, 1.165) is 17.7 Å². The number of aliphatic hydroxyl groups is 2. The van der Waals surface area contributed by atoms with Gasteiger partial charge in [-0.05, 0) is 29.5 Å². The number of nitrogens with zero attached hydrogens (tertiary/aromatic N) is 1. The normalized spacial score (nSPS) is 13.1. The second-order valence-corrected chi connectivity index (χ2v) is 6.76. The molecule has 0 spiro atoms. The van der Waals surface area contributed by atoms with Crippen molar-refractivity contribution in [1.29, 1.82) is 0 Å². The van der Waals surface area contributed by atoms with E-state index in [2.05, 4.69) is 32.0 Å². The molecule has 0 saturated carbocycles. The zero-order chi connectivity index (χ0) is 18.8. The monoisotopic (exact) mass is 393 g/mol. The molecule has 2 N–H and O–H groups in total. The maximum atomic E-state index is 10.4. The molecule has 27 heavy (non-hydrogen) atoms. The lowest BCUT2D eigenvalue weighted by Gasteiger charge is -2.25. The Morgan fingerprint density at radius 2 is 1.70 bits per heavy atom. The van der Waals surface area contributed by atoms with Gasteiger partial charge < -0.3 is 14.9 Å². The lowest BCUT2D eigenvalue weighted by molar-refractivity contribution is 0.0586. The first kappa shape index (κ1) is 23.4. The molecule has 0 saturated heterocycles. The molecule has 0 fully saturated rings. The lowest BCUT2D eigenvalue weighted by Crippen LogP contribution is -2.37. The number of para-hydroxylation sites is 1. The molecule has 0 aliphatic heterocycles. The molecule has 5 heteroatoms. The van der Waals surface area contributed by atoms with Gasteiger partial charge in [0.1, 0.15) is 18.5 Å². The number of aliphatic hydroxyl groups excluding tert-OH is 2. The summed E-state index contributed by atoms with van der Waals surface area (Å²) in [7, 11) is 0. The van der Waals surface area contributed by atoms with Gasteiger partial charge in [-0.2, -0.15) is 0 Å². The highest BCUT2D eigenvalue weighted by atomic mass is 35.5. The Morgan fingerprint density at radius 1 is 1.04 bits per heavy atom. The van der Waals surface area contributed by atoms with Crippen LogP contribution in [-0.4, -0.2) is 47.5 Å². The molecule has 150 valence electrons. The van der Waals surface area contributed by atoms with E-state index in [1.54, 1.807) is 0 Å². The Bertz CT molecular complexity index is 638. The van der Waals surface area contributed by atoms with Crippen LogP contribution < -0.4 is 4.74 Å². The molecule has 4 nitrogen and oxygen atoms in total. The maximum Gasteiger partial charge on any atom is 0.122 e. The lowest BCUT2D eigenvalue weighted by atomic mass is 9.98. The summed E-state index contributed by atoms with van der Waals surface area (Å²) in [6.07, 6.45) is 0.430. The zero-order valence-electron chi connectivity index (χ0n) is 16.3. The van der Waals surface area contributed by atoms with Gasteiger partial charge in [0.25, 0.3) is 0 Å². The molecule has 2 rings (SSSR count). The number of ether oxygens (including phenoxy) is 1. The van der Waals surface area contributed by atoms with Crippen LogP contribution in [0.15, 0.2) is 54.6 Å². The number of hydrogen-bond donors (Lipinski definition) is 2. The molecule has 0 heterocycles. The highest BCUT2D eigenvalue weighted by Gasteiger charge is 2.15. The fourth-order valence-corrected chi connectivity index (χ4v) is 2.99. The molecule has 2 aromatic carbocycles. The molecule has 2 unspecified atom stereocenters. The molecule has 0 aliphatic rings. The van der Waals surface area contributed by atoms with E-state index in [4.69, 9.17) is 4.74 Å². The maximum absolute atomic E-state index is 10.4. The average Bonchev–Trinajstić information content (AvgIpc) is 2.67. The van der Waals surface area contributed by atoms with Crippen molar-refractivity contribution in [3.63, 3.8) is 0 Å². The molecule has 0 amide bonds. The molecule has 0 bridgehead atoms. The Balaban J connectivity index is 0.00000364. The second kappa shape index (κ2) is 12.7. The average molecular weight is 394 g/mol. The van der Waals surface area contributed by atoms with E-state index in [9.17, 15) is 10.2 Å². The van der Waals surface area contributed by atoms with Gasteiger partial charge in [-0.3, -0.25) is 4.90 Å². The van der Waals surface area contributed by atoms with Crippen LogP contribution in [0.1, 0.15) is 37.3 Å². The fraction of sp³-hybridized carbons (Fsp3) is 0.455. The predicted molar refractivity (Wildman–Crippen MR) is 113 cm³/mol. The van der Waals surface area contributed by atoms with Gasteiger partial charge in [0.15, 0.2) is 0 Å². The van der Waals surface area contributed by atoms with Crippen molar-refractivity contribution in [2.45, 2.75) is 38.8 Å². The summed E-state index contributed by atoms with van der Waals surface area (Å²) in [5, 5.41) is 19.7. The number of rotatable bonds is 11. The quantitative estimate of drug-likeness (QED) is 0.608. The SMILES string of the molecule is CCC(C)c1ccccc1OCC(O)CN(CCO)Cc1ccccc1.Cl. The zero-order valence-corrected chi connectivity index (χ0v) is 17.1. The number of halogens is 1. The Labute approximate surface area is 169 Å². The van der Waals surface area contributed by atoms with E-state index in [1.165, 1.54) is 5.56 Å². The van der Waals surface area contributed by atoms with Gasteiger partial charge in [0.05, 0.1) is 6.61 Å². The summed E-state index contributed by atoms with van der Waals surface area (Å²) >= 11 is 0. The summed E-state index contributed by atoms with van der Waals surface area (Å²) < 4.78 is 5.91. The van der Waals surface area contributed by atoms with Crippen LogP contribution in [0.4, 0.5) is 0 Å². The molecular weight excluding hydrogens is 362 g/mol. The van der Waals surface area contributed by atoms with E-state index >= 15 is 0 Å². The molecule has 0 aliphatic carbocycles. The smallest absolute Gasteiger partial charge is 0.122 e. The first-order valence-corrected chi connectivity index (χ1v) is 9.41. The molecule has 0 aromatic heterocycles. The topological polar surface area (TPSA) is 52.9 Å². The van der Waals surface area contributed by atoms with Gasteiger partial charge in [-0.15, -0.1) is 12.4 Å². The van der Waals surface area contributed by atoms with Gasteiger partial charge in [0, 0.05) is 19.6 Å². The minimum atomic E-state index is -0.616. The van der Waals surface area contributed by atoms with Crippen molar-refractivity contribution in [1.82, 2.24) is 4.90 Å². The second-order valence-electron chi connectivity index (χ2n) is 6.76.